The highest BCUT2D eigenvalue weighted by atomic mass is 28.3. The third-order valence-corrected chi connectivity index (χ3v) is 6.18. The van der Waals surface area contributed by atoms with Crippen molar-refractivity contribution in [3.63, 3.8) is 0 Å². The van der Waals surface area contributed by atoms with Crippen molar-refractivity contribution < 1.29 is 9.47 Å². The Kier molecular flexibility index (Phi) is 5.64. The molecular weight excluding hydrogens is 354 g/mol. The Bertz CT molecular complexity index is 983. The lowest BCUT2D eigenvalue weighted by molar-refractivity contribution is 0.0899. The van der Waals surface area contributed by atoms with Crippen molar-refractivity contribution in [1.82, 2.24) is 9.55 Å². The van der Waals surface area contributed by atoms with E-state index in [0.29, 0.717) is 12.3 Å². The molecule has 1 aromatic carbocycles. The van der Waals surface area contributed by atoms with Gasteiger partial charge in [-0.15, -0.1) is 0 Å². The Balaban J connectivity index is 1.97. The van der Waals surface area contributed by atoms with Gasteiger partial charge in [0.05, 0.1) is 18.7 Å². The number of benzene rings is 1. The van der Waals surface area contributed by atoms with Crippen LogP contribution in [0.1, 0.15) is 5.56 Å². The highest BCUT2D eigenvalue weighted by Crippen LogP contribution is 2.36. The van der Waals surface area contributed by atoms with Crippen molar-refractivity contribution in [2.45, 2.75) is 32.4 Å². The maximum atomic E-state index is 9.27. The second kappa shape index (κ2) is 7.95. The topological polar surface area (TPSA) is 60.1 Å². The summed E-state index contributed by atoms with van der Waals surface area (Å²) in [4.78, 5) is 4.54. The van der Waals surface area contributed by atoms with Crippen molar-refractivity contribution in [3.05, 3.63) is 48.3 Å². The Morgan fingerprint density at radius 1 is 1.19 bits per heavy atom. The molecule has 3 rings (SSSR count). The van der Waals surface area contributed by atoms with E-state index in [9.17, 15) is 5.26 Å². The summed E-state index contributed by atoms with van der Waals surface area (Å²) >= 11 is 0. The summed E-state index contributed by atoms with van der Waals surface area (Å²) in [5.74, 6) is 0.733. The Morgan fingerprint density at radius 2 is 2.00 bits per heavy atom. The molecule has 0 spiro atoms. The highest BCUT2D eigenvalue weighted by Gasteiger charge is 2.16. The molecular formula is C21H25N3O2Si. The van der Waals surface area contributed by atoms with Crippen LogP contribution < -0.4 is 4.74 Å². The number of nitrogens with zero attached hydrogens (tertiary/aromatic N) is 3. The van der Waals surface area contributed by atoms with E-state index in [-0.39, 0.29) is 0 Å². The zero-order valence-electron chi connectivity index (χ0n) is 16.3. The van der Waals surface area contributed by atoms with Crippen LogP contribution in [0.2, 0.25) is 25.7 Å². The van der Waals surface area contributed by atoms with Crippen molar-refractivity contribution in [1.29, 1.82) is 5.26 Å². The molecule has 0 bridgehead atoms. The molecule has 0 saturated carbocycles. The minimum atomic E-state index is -1.12. The molecule has 0 radical (unpaired) electrons. The van der Waals surface area contributed by atoms with E-state index < -0.39 is 8.07 Å². The maximum absolute atomic E-state index is 9.27. The number of hydrogen-bond acceptors (Lipinski definition) is 4. The quantitative estimate of drug-likeness (QED) is 0.433. The summed E-state index contributed by atoms with van der Waals surface area (Å²) in [6, 6.07) is 12.7. The summed E-state index contributed by atoms with van der Waals surface area (Å²) in [5, 5.41) is 10.3. The van der Waals surface area contributed by atoms with Gasteiger partial charge in [0.15, 0.2) is 0 Å². The number of hydrogen-bond donors (Lipinski definition) is 0. The summed E-state index contributed by atoms with van der Waals surface area (Å²) in [5.41, 5.74) is 3.34. The Labute approximate surface area is 161 Å². The molecule has 140 valence electrons. The van der Waals surface area contributed by atoms with E-state index in [2.05, 4.69) is 30.7 Å². The number of pyridine rings is 1. The molecule has 5 nitrogen and oxygen atoms in total. The van der Waals surface area contributed by atoms with Crippen LogP contribution in [0, 0.1) is 11.3 Å². The molecule has 2 heterocycles. The normalized spacial score (nSPS) is 11.5. The molecule has 0 aliphatic rings. The molecule has 0 fully saturated rings. The first-order chi connectivity index (χ1) is 12.9. The molecule has 3 aromatic rings. The molecule has 27 heavy (non-hydrogen) atoms. The fraction of sp³-hybridized carbons (Fsp3) is 0.333. The van der Waals surface area contributed by atoms with Crippen molar-refractivity contribution in [3.8, 4) is 22.9 Å². The average Bonchev–Trinajstić information content (AvgIpc) is 3.02. The van der Waals surface area contributed by atoms with Gasteiger partial charge in [0, 0.05) is 43.6 Å². The summed E-state index contributed by atoms with van der Waals surface area (Å²) in [6.45, 7) is 8.24. The van der Waals surface area contributed by atoms with Crippen LogP contribution in [0.15, 0.2) is 42.7 Å². The van der Waals surface area contributed by atoms with E-state index >= 15 is 0 Å². The largest absolute Gasteiger partial charge is 0.496 e. The van der Waals surface area contributed by atoms with E-state index in [1.54, 1.807) is 19.4 Å². The molecule has 2 aromatic heterocycles. The SMILES string of the molecule is COc1ccc(C#N)cc1-c1cn(COCC[Si](C)(C)C)c2ncccc12. The smallest absolute Gasteiger partial charge is 0.142 e. The minimum Gasteiger partial charge on any atom is -0.496 e. The van der Waals surface area contributed by atoms with E-state index in [4.69, 9.17) is 9.47 Å². The lowest BCUT2D eigenvalue weighted by atomic mass is 10.0. The van der Waals surface area contributed by atoms with Crippen LogP contribution in [-0.4, -0.2) is 31.3 Å². The van der Waals surface area contributed by atoms with Gasteiger partial charge in [-0.1, -0.05) is 19.6 Å². The van der Waals surface area contributed by atoms with Crippen LogP contribution >= 0.6 is 0 Å². The van der Waals surface area contributed by atoms with Gasteiger partial charge in [0.1, 0.15) is 18.1 Å². The Hall–Kier alpha value is -2.62. The fourth-order valence-electron chi connectivity index (χ4n) is 2.96. The molecule has 0 amide bonds. The summed E-state index contributed by atoms with van der Waals surface area (Å²) in [7, 11) is 0.524. The average molecular weight is 380 g/mol. The second-order valence-corrected chi connectivity index (χ2v) is 13.4. The molecule has 0 N–H and O–H groups in total. The van der Waals surface area contributed by atoms with Crippen molar-refractivity contribution >= 4 is 19.1 Å². The number of aromatic nitrogens is 2. The molecule has 0 unspecified atom stereocenters. The van der Waals surface area contributed by atoms with Gasteiger partial charge in [-0.2, -0.15) is 5.26 Å². The first-order valence-corrected chi connectivity index (χ1v) is 12.7. The maximum Gasteiger partial charge on any atom is 0.142 e. The monoisotopic (exact) mass is 379 g/mol. The van der Waals surface area contributed by atoms with Crippen LogP contribution in [0.25, 0.3) is 22.2 Å². The molecule has 0 saturated heterocycles. The van der Waals surface area contributed by atoms with Crippen LogP contribution in [0.3, 0.4) is 0 Å². The van der Waals surface area contributed by atoms with Gasteiger partial charge in [-0.05, 0) is 36.4 Å². The summed E-state index contributed by atoms with van der Waals surface area (Å²) in [6.07, 6.45) is 3.82. The first kappa shape index (κ1) is 19.1. The highest BCUT2D eigenvalue weighted by molar-refractivity contribution is 6.76. The van der Waals surface area contributed by atoms with Gasteiger partial charge in [-0.25, -0.2) is 4.98 Å². The molecule has 0 aliphatic heterocycles. The van der Waals surface area contributed by atoms with Crippen LogP contribution in [-0.2, 0) is 11.5 Å². The lowest BCUT2D eigenvalue weighted by Crippen LogP contribution is -2.22. The van der Waals surface area contributed by atoms with E-state index in [1.165, 1.54) is 0 Å². The lowest BCUT2D eigenvalue weighted by Gasteiger charge is -2.15. The molecule has 6 heteroatoms. The summed E-state index contributed by atoms with van der Waals surface area (Å²) < 4.78 is 13.5. The van der Waals surface area contributed by atoms with E-state index in [0.717, 1.165) is 40.6 Å². The molecule has 0 atom stereocenters. The number of rotatable bonds is 7. The number of fused-ring (bicyclic) bond motifs is 1. The molecule has 0 aliphatic carbocycles. The fourth-order valence-corrected chi connectivity index (χ4v) is 3.72. The van der Waals surface area contributed by atoms with Crippen LogP contribution in [0.4, 0.5) is 0 Å². The Morgan fingerprint density at radius 3 is 2.70 bits per heavy atom. The van der Waals surface area contributed by atoms with Crippen LogP contribution in [0.5, 0.6) is 5.75 Å². The number of nitriles is 1. The van der Waals surface area contributed by atoms with Gasteiger partial charge in [0.2, 0.25) is 0 Å². The standard InChI is InChI=1S/C21H25N3O2Si/c1-25-20-8-7-16(13-22)12-18(20)19-14-24(15-26-10-11-27(2,3)4)21-17(19)6-5-9-23-21/h5-9,12,14H,10-11,15H2,1-4H3. The number of ether oxygens (including phenoxy) is 2. The van der Waals surface area contributed by atoms with Gasteiger partial charge in [-0.3, -0.25) is 0 Å². The third-order valence-electron chi connectivity index (χ3n) is 4.48. The zero-order valence-corrected chi connectivity index (χ0v) is 17.3. The van der Waals surface area contributed by atoms with E-state index in [1.807, 2.05) is 35.0 Å². The van der Waals surface area contributed by atoms with Crippen molar-refractivity contribution in [2.75, 3.05) is 13.7 Å². The first-order valence-electron chi connectivity index (χ1n) is 9.03. The number of methoxy groups -OCH3 is 1. The third kappa shape index (κ3) is 4.38. The zero-order chi connectivity index (χ0) is 19.4. The minimum absolute atomic E-state index is 0.457. The second-order valence-electron chi connectivity index (χ2n) is 7.76. The van der Waals surface area contributed by atoms with Gasteiger partial charge >= 0.3 is 0 Å². The van der Waals surface area contributed by atoms with Gasteiger partial charge < -0.3 is 14.0 Å². The van der Waals surface area contributed by atoms with Gasteiger partial charge in [0.25, 0.3) is 0 Å². The predicted molar refractivity (Wildman–Crippen MR) is 111 cm³/mol. The predicted octanol–water partition coefficient (Wildman–Crippen LogP) is 4.90. The van der Waals surface area contributed by atoms with Crippen molar-refractivity contribution in [2.24, 2.45) is 0 Å².